The number of rotatable bonds is 6. The highest BCUT2D eigenvalue weighted by atomic mass is 32.1. The van der Waals surface area contributed by atoms with E-state index in [0.29, 0.717) is 22.5 Å². The van der Waals surface area contributed by atoms with E-state index in [1.807, 2.05) is 0 Å². The van der Waals surface area contributed by atoms with Gasteiger partial charge in [0.15, 0.2) is 5.76 Å². The highest BCUT2D eigenvalue weighted by Crippen LogP contribution is 2.18. The molecule has 0 aliphatic heterocycles. The van der Waals surface area contributed by atoms with Crippen molar-refractivity contribution >= 4 is 22.4 Å². The minimum absolute atomic E-state index is 0.216. The summed E-state index contributed by atoms with van der Waals surface area (Å²) < 4.78 is 6.34. The van der Waals surface area contributed by atoms with E-state index < -0.39 is 5.91 Å². The number of anilines is 1. The van der Waals surface area contributed by atoms with Gasteiger partial charge in [-0.15, -0.1) is 10.2 Å². The van der Waals surface area contributed by atoms with Crippen LogP contribution in [-0.2, 0) is 17.8 Å². The van der Waals surface area contributed by atoms with E-state index in [0.717, 1.165) is 16.1 Å². The molecule has 0 atom stereocenters. The lowest BCUT2D eigenvalue weighted by Gasteiger charge is -2.05. The number of hydrogen-bond donors (Lipinski definition) is 1. The molecule has 0 fully saturated rings. The van der Waals surface area contributed by atoms with Gasteiger partial charge in [-0.25, -0.2) is 4.68 Å². The van der Waals surface area contributed by atoms with Crippen LogP contribution in [0.3, 0.4) is 0 Å². The van der Waals surface area contributed by atoms with Crippen LogP contribution in [0.15, 0.2) is 39.7 Å². The van der Waals surface area contributed by atoms with Crippen molar-refractivity contribution in [1.82, 2.24) is 20.0 Å². The number of carbonyl (C=O) groups excluding carboxylic acids is 1. The summed E-state index contributed by atoms with van der Waals surface area (Å²) in [6.45, 7) is 3.96. The maximum atomic E-state index is 12.2. The molecule has 0 bridgehead atoms. The number of amides is 1. The molecule has 0 spiro atoms. The van der Waals surface area contributed by atoms with Crippen molar-refractivity contribution in [1.29, 1.82) is 0 Å². The molecular formula is C16H17N5O3S. The Labute approximate surface area is 147 Å². The van der Waals surface area contributed by atoms with Gasteiger partial charge >= 0.3 is 0 Å². The third kappa shape index (κ3) is 4.38. The smallest absolute Gasteiger partial charge is 0.267 e. The van der Waals surface area contributed by atoms with Crippen molar-refractivity contribution in [3.63, 3.8) is 0 Å². The van der Waals surface area contributed by atoms with E-state index in [4.69, 9.17) is 4.42 Å². The standard InChI is InChI=1S/C16H17N5O3S/c1-10(2)8-14-18-19-16(25-14)17-13(22)9-21-15(23)6-5-11(20-21)12-4-3-7-24-12/h3-7,10H,8-9H2,1-2H3,(H,17,19,22). The summed E-state index contributed by atoms with van der Waals surface area (Å²) in [5, 5.41) is 16.1. The fourth-order valence-electron chi connectivity index (χ4n) is 2.15. The van der Waals surface area contributed by atoms with Crippen molar-refractivity contribution in [2.75, 3.05) is 5.32 Å². The number of nitrogens with zero attached hydrogens (tertiary/aromatic N) is 4. The predicted octanol–water partition coefficient (Wildman–Crippen LogP) is 2.19. The van der Waals surface area contributed by atoms with Crippen LogP contribution in [0.25, 0.3) is 11.5 Å². The molecule has 3 heterocycles. The van der Waals surface area contributed by atoms with E-state index in [1.165, 1.54) is 23.7 Å². The maximum absolute atomic E-state index is 12.2. The third-order valence-corrected chi connectivity index (χ3v) is 4.09. The Hall–Kier alpha value is -2.81. The minimum Gasteiger partial charge on any atom is -0.463 e. The molecular weight excluding hydrogens is 342 g/mol. The van der Waals surface area contributed by atoms with E-state index in [1.54, 1.807) is 18.2 Å². The van der Waals surface area contributed by atoms with Crippen molar-refractivity contribution in [3.05, 3.63) is 45.9 Å². The molecule has 0 saturated heterocycles. The topological polar surface area (TPSA) is 103 Å². The van der Waals surface area contributed by atoms with Crippen LogP contribution < -0.4 is 10.9 Å². The molecule has 8 nitrogen and oxygen atoms in total. The Bertz CT molecular complexity index is 914. The predicted molar refractivity (Wildman–Crippen MR) is 93.3 cm³/mol. The van der Waals surface area contributed by atoms with Crippen LogP contribution in [0.2, 0.25) is 0 Å². The van der Waals surface area contributed by atoms with Crippen molar-refractivity contribution in [2.45, 2.75) is 26.8 Å². The quantitative estimate of drug-likeness (QED) is 0.724. The average molecular weight is 359 g/mol. The number of hydrogen-bond acceptors (Lipinski definition) is 7. The van der Waals surface area contributed by atoms with Crippen molar-refractivity contribution in [2.24, 2.45) is 5.92 Å². The van der Waals surface area contributed by atoms with Gasteiger partial charge in [0.2, 0.25) is 11.0 Å². The van der Waals surface area contributed by atoms with Gasteiger partial charge in [0.05, 0.1) is 6.26 Å². The largest absolute Gasteiger partial charge is 0.463 e. The lowest BCUT2D eigenvalue weighted by molar-refractivity contribution is -0.117. The number of furan rings is 1. The van der Waals surface area contributed by atoms with E-state index in [9.17, 15) is 9.59 Å². The molecule has 0 radical (unpaired) electrons. The Morgan fingerprint density at radius 3 is 2.88 bits per heavy atom. The first kappa shape index (κ1) is 17.0. The highest BCUT2D eigenvalue weighted by Gasteiger charge is 2.12. The van der Waals surface area contributed by atoms with Gasteiger partial charge in [0, 0.05) is 12.5 Å². The van der Waals surface area contributed by atoms with Crippen LogP contribution in [0.4, 0.5) is 5.13 Å². The number of nitrogens with one attached hydrogen (secondary N) is 1. The lowest BCUT2D eigenvalue weighted by Crippen LogP contribution is -2.29. The van der Waals surface area contributed by atoms with Gasteiger partial charge < -0.3 is 4.42 Å². The Morgan fingerprint density at radius 2 is 2.16 bits per heavy atom. The van der Waals surface area contributed by atoms with Crippen LogP contribution >= 0.6 is 11.3 Å². The Morgan fingerprint density at radius 1 is 1.32 bits per heavy atom. The molecule has 3 rings (SSSR count). The first-order chi connectivity index (χ1) is 12.0. The second kappa shape index (κ2) is 7.39. The Kier molecular flexibility index (Phi) is 5.03. The first-order valence-corrected chi connectivity index (χ1v) is 8.57. The molecule has 0 aliphatic carbocycles. The molecule has 0 unspecified atom stereocenters. The summed E-state index contributed by atoms with van der Waals surface area (Å²) in [7, 11) is 0. The minimum atomic E-state index is -0.390. The fourth-order valence-corrected chi connectivity index (χ4v) is 3.12. The van der Waals surface area contributed by atoms with E-state index in [-0.39, 0.29) is 12.1 Å². The van der Waals surface area contributed by atoms with Crippen LogP contribution in [0.5, 0.6) is 0 Å². The molecule has 1 amide bonds. The summed E-state index contributed by atoms with van der Waals surface area (Å²) in [4.78, 5) is 24.1. The molecule has 130 valence electrons. The number of aromatic nitrogens is 4. The molecule has 1 N–H and O–H groups in total. The molecule has 0 saturated carbocycles. The van der Waals surface area contributed by atoms with Crippen LogP contribution in [0, 0.1) is 5.92 Å². The maximum Gasteiger partial charge on any atom is 0.267 e. The summed E-state index contributed by atoms with van der Waals surface area (Å²) in [5.41, 5.74) is 0.107. The molecule has 3 aromatic heterocycles. The van der Waals surface area contributed by atoms with Gasteiger partial charge in [0.1, 0.15) is 17.2 Å². The van der Waals surface area contributed by atoms with Gasteiger partial charge in [-0.3, -0.25) is 14.9 Å². The summed E-state index contributed by atoms with van der Waals surface area (Å²) in [5.74, 6) is 0.596. The zero-order valence-corrected chi connectivity index (χ0v) is 14.6. The second-order valence-electron chi connectivity index (χ2n) is 5.84. The molecule has 9 heteroatoms. The van der Waals surface area contributed by atoms with Crippen LogP contribution in [-0.4, -0.2) is 25.9 Å². The van der Waals surface area contributed by atoms with Gasteiger partial charge in [-0.2, -0.15) is 5.10 Å². The Balaban J connectivity index is 1.69. The first-order valence-electron chi connectivity index (χ1n) is 7.75. The molecule has 0 aliphatic rings. The third-order valence-electron chi connectivity index (χ3n) is 3.23. The van der Waals surface area contributed by atoms with Gasteiger partial charge in [0.25, 0.3) is 5.56 Å². The average Bonchev–Trinajstić information content (AvgIpc) is 3.21. The SMILES string of the molecule is CC(C)Cc1nnc(NC(=O)Cn2nc(-c3ccco3)ccc2=O)s1. The van der Waals surface area contributed by atoms with Gasteiger partial charge in [-0.1, -0.05) is 25.2 Å². The normalized spacial score (nSPS) is 11.0. The van der Waals surface area contributed by atoms with E-state index >= 15 is 0 Å². The summed E-state index contributed by atoms with van der Waals surface area (Å²) >= 11 is 1.33. The molecule has 3 aromatic rings. The molecule has 25 heavy (non-hydrogen) atoms. The second-order valence-corrected chi connectivity index (χ2v) is 6.90. The monoisotopic (exact) mass is 359 g/mol. The van der Waals surface area contributed by atoms with Gasteiger partial charge in [-0.05, 0) is 24.1 Å². The fraction of sp³-hybridized carbons (Fsp3) is 0.312. The highest BCUT2D eigenvalue weighted by molar-refractivity contribution is 7.15. The summed E-state index contributed by atoms with van der Waals surface area (Å²) in [6.07, 6.45) is 2.32. The zero-order valence-electron chi connectivity index (χ0n) is 13.8. The lowest BCUT2D eigenvalue weighted by atomic mass is 10.1. The number of carbonyl (C=O) groups is 1. The van der Waals surface area contributed by atoms with Crippen molar-refractivity contribution in [3.8, 4) is 11.5 Å². The van der Waals surface area contributed by atoms with E-state index in [2.05, 4.69) is 34.5 Å². The zero-order chi connectivity index (χ0) is 17.8. The van der Waals surface area contributed by atoms with Crippen molar-refractivity contribution < 1.29 is 9.21 Å². The molecule has 0 aromatic carbocycles. The summed E-state index contributed by atoms with van der Waals surface area (Å²) in [6, 6.07) is 6.36. The van der Waals surface area contributed by atoms with Crippen LogP contribution in [0.1, 0.15) is 18.9 Å².